The molecule has 0 spiro atoms. The van der Waals surface area contributed by atoms with Gasteiger partial charge in [-0.15, -0.1) is 0 Å². The number of hydrogen-bond acceptors (Lipinski definition) is 4. The molecule has 2 heterocycles. The molecule has 0 radical (unpaired) electrons. The van der Waals surface area contributed by atoms with E-state index in [2.05, 4.69) is 23.6 Å². The van der Waals surface area contributed by atoms with Gasteiger partial charge < -0.3 is 31.2 Å². The summed E-state index contributed by atoms with van der Waals surface area (Å²) in [5.74, 6) is 1.40. The van der Waals surface area contributed by atoms with E-state index in [1.165, 1.54) is 22.4 Å². The molecule has 0 aromatic heterocycles. The van der Waals surface area contributed by atoms with Crippen LogP contribution in [-0.4, -0.2) is 36.2 Å². The molecule has 27 heavy (non-hydrogen) atoms. The number of carbonyl (C=O) groups is 1. The molecule has 0 saturated heterocycles. The smallest absolute Gasteiger partial charge is 0.338 e. The van der Waals surface area contributed by atoms with Gasteiger partial charge in [-0.25, -0.2) is 9.37 Å². The molecule has 4 rings (SSSR count). The predicted molar refractivity (Wildman–Crippen MR) is 97.3 cm³/mol. The number of fused-ring (bicyclic) bond motifs is 2. The van der Waals surface area contributed by atoms with Crippen molar-refractivity contribution in [2.45, 2.75) is 26.8 Å². The second-order valence-electron chi connectivity index (χ2n) is 6.54. The lowest BCUT2D eigenvalue weighted by Gasteiger charge is -2.17. The van der Waals surface area contributed by atoms with Gasteiger partial charge in [-0.1, -0.05) is 12.1 Å². The Morgan fingerprint density at radius 2 is 1.85 bits per heavy atom. The van der Waals surface area contributed by atoms with E-state index in [-0.39, 0.29) is 23.0 Å². The largest absolute Gasteiger partial charge is 1.00 e. The summed E-state index contributed by atoms with van der Waals surface area (Å²) in [5.41, 5.74) is 5.53. The number of ether oxygens (including phenoxy) is 3. The average Bonchev–Trinajstić information content (AvgIpc) is 3.11. The van der Waals surface area contributed by atoms with Gasteiger partial charge in [-0.05, 0) is 36.8 Å². The van der Waals surface area contributed by atoms with Crippen LogP contribution in [0.3, 0.4) is 0 Å². The molecule has 2 aliphatic rings. The van der Waals surface area contributed by atoms with Crippen LogP contribution in [0.25, 0.3) is 0 Å². The van der Waals surface area contributed by atoms with Crippen LogP contribution in [0, 0.1) is 0 Å². The summed E-state index contributed by atoms with van der Waals surface area (Å²) in [7, 11) is 0. The molecule has 0 bridgehead atoms. The van der Waals surface area contributed by atoms with Crippen molar-refractivity contribution in [3.8, 4) is 11.5 Å². The Kier molecular flexibility index (Phi) is 5.85. The maximum atomic E-state index is 11.8. The quantitative estimate of drug-likeness (QED) is 0.511. The summed E-state index contributed by atoms with van der Waals surface area (Å²) in [6.07, 6.45) is 0.976. The van der Waals surface area contributed by atoms with Gasteiger partial charge in [-0.2, -0.15) is 0 Å². The van der Waals surface area contributed by atoms with Gasteiger partial charge in [0.05, 0.1) is 12.2 Å². The Bertz CT molecular complexity index is 890. The normalized spacial score (nSPS) is 14.4. The van der Waals surface area contributed by atoms with Gasteiger partial charge in [-0.3, -0.25) is 0 Å². The Morgan fingerprint density at radius 3 is 2.56 bits per heavy atom. The zero-order chi connectivity index (χ0) is 18.1. The van der Waals surface area contributed by atoms with Crippen LogP contribution < -0.4 is 26.5 Å². The molecule has 2 aromatic rings. The molecule has 0 aliphatic carbocycles. The lowest BCUT2D eigenvalue weighted by atomic mass is 9.96. The molecule has 0 amide bonds. The van der Waals surface area contributed by atoms with Crippen molar-refractivity contribution in [2.75, 3.05) is 19.9 Å². The van der Waals surface area contributed by atoms with Gasteiger partial charge in [0.1, 0.15) is 6.54 Å². The van der Waals surface area contributed by atoms with Gasteiger partial charge >= 0.3 is 5.97 Å². The topological polar surface area (TPSA) is 47.8 Å². The highest BCUT2D eigenvalue weighted by Gasteiger charge is 2.26. The minimum absolute atomic E-state index is 0. The standard InChI is InChI=1S/C21H22NO4.BrH/c1-3-24-21(23)16-6-4-15(5-7-16)12-22-9-8-17-10-19-20(26-13-25-19)11-18(17)14(22)2;/h4-7,10-11H,3,8-9,12-13H2,1-2H3;1H/q+1;/p-1. The summed E-state index contributed by atoms with van der Waals surface area (Å²) in [6.45, 7) is 6.41. The molecular weight excluding hydrogens is 410 g/mol. The van der Waals surface area contributed by atoms with Gasteiger partial charge in [0.25, 0.3) is 0 Å². The molecule has 6 heteroatoms. The zero-order valence-electron chi connectivity index (χ0n) is 15.5. The number of hydrogen-bond donors (Lipinski definition) is 0. The maximum absolute atomic E-state index is 11.8. The van der Waals surface area contributed by atoms with E-state index in [0.717, 1.165) is 31.0 Å². The third-order valence-corrected chi connectivity index (χ3v) is 4.95. The fourth-order valence-corrected chi connectivity index (χ4v) is 3.50. The molecule has 0 unspecified atom stereocenters. The van der Waals surface area contributed by atoms with E-state index < -0.39 is 0 Å². The molecule has 0 fully saturated rings. The van der Waals surface area contributed by atoms with E-state index in [4.69, 9.17) is 14.2 Å². The molecule has 2 aliphatic heterocycles. The summed E-state index contributed by atoms with van der Waals surface area (Å²) in [6, 6.07) is 11.8. The number of carbonyl (C=O) groups excluding carboxylic acids is 1. The zero-order valence-corrected chi connectivity index (χ0v) is 17.0. The van der Waals surface area contributed by atoms with Crippen molar-refractivity contribution in [1.29, 1.82) is 0 Å². The van der Waals surface area contributed by atoms with Crippen LogP contribution in [0.1, 0.15) is 40.9 Å². The van der Waals surface area contributed by atoms with Gasteiger partial charge in [0, 0.05) is 24.5 Å². The van der Waals surface area contributed by atoms with Gasteiger partial charge in [0.15, 0.2) is 23.8 Å². The molecule has 2 aromatic carbocycles. The van der Waals surface area contributed by atoms with Crippen molar-refractivity contribution in [1.82, 2.24) is 0 Å². The van der Waals surface area contributed by atoms with E-state index >= 15 is 0 Å². The first-order valence-electron chi connectivity index (χ1n) is 8.93. The monoisotopic (exact) mass is 431 g/mol. The predicted octanol–water partition coefficient (Wildman–Crippen LogP) is 0.174. The molecular formula is C21H22BrNO4. The van der Waals surface area contributed by atoms with Crippen molar-refractivity contribution < 1.29 is 40.6 Å². The molecule has 0 atom stereocenters. The summed E-state index contributed by atoms with van der Waals surface area (Å²) in [4.78, 5) is 11.8. The fourth-order valence-electron chi connectivity index (χ4n) is 3.50. The lowest BCUT2D eigenvalue weighted by Crippen LogP contribution is -3.00. The molecule has 0 saturated carbocycles. The highest BCUT2D eigenvalue weighted by Crippen LogP contribution is 2.36. The molecule has 5 nitrogen and oxygen atoms in total. The Balaban J connectivity index is 0.00000210. The Morgan fingerprint density at radius 1 is 1.15 bits per heavy atom. The second-order valence-corrected chi connectivity index (χ2v) is 6.54. The summed E-state index contributed by atoms with van der Waals surface area (Å²) in [5, 5.41) is 0. The van der Waals surface area contributed by atoms with Gasteiger partial charge in [0.2, 0.25) is 6.79 Å². The third-order valence-electron chi connectivity index (χ3n) is 4.95. The number of benzene rings is 2. The van der Waals surface area contributed by atoms with Crippen LogP contribution in [0.2, 0.25) is 0 Å². The Labute approximate surface area is 169 Å². The van der Waals surface area contributed by atoms with E-state index in [0.29, 0.717) is 19.0 Å². The van der Waals surface area contributed by atoms with E-state index in [1.807, 2.05) is 31.2 Å². The Hall–Kier alpha value is -2.34. The van der Waals surface area contributed by atoms with Crippen molar-refractivity contribution in [3.63, 3.8) is 0 Å². The highest BCUT2D eigenvalue weighted by molar-refractivity contribution is 5.97. The lowest BCUT2D eigenvalue weighted by molar-refractivity contribution is -0.545. The van der Waals surface area contributed by atoms with Crippen LogP contribution in [0.4, 0.5) is 0 Å². The third kappa shape index (κ3) is 3.86. The maximum Gasteiger partial charge on any atom is 0.338 e. The summed E-state index contributed by atoms with van der Waals surface area (Å²) >= 11 is 0. The van der Waals surface area contributed by atoms with Crippen molar-refractivity contribution in [3.05, 3.63) is 58.7 Å². The average molecular weight is 432 g/mol. The minimum atomic E-state index is -0.273. The van der Waals surface area contributed by atoms with Crippen LogP contribution in [0.15, 0.2) is 36.4 Å². The second kappa shape index (κ2) is 8.13. The number of nitrogens with zero attached hydrogens (tertiary/aromatic N) is 1. The molecule has 0 N–H and O–H groups in total. The van der Waals surface area contributed by atoms with E-state index in [1.54, 1.807) is 0 Å². The first kappa shape index (κ1) is 19.4. The highest BCUT2D eigenvalue weighted by atomic mass is 79.9. The number of halogens is 1. The minimum Gasteiger partial charge on any atom is -1.00 e. The van der Waals surface area contributed by atoms with E-state index in [9.17, 15) is 4.79 Å². The number of rotatable bonds is 4. The van der Waals surface area contributed by atoms with Crippen LogP contribution in [-0.2, 0) is 17.7 Å². The van der Waals surface area contributed by atoms with Crippen LogP contribution in [0.5, 0.6) is 11.5 Å². The SMILES string of the molecule is CCOC(=O)c1ccc(C[N+]2=C(C)c3cc4c(cc3CC2)OCO4)cc1.[Br-]. The van der Waals surface area contributed by atoms with Crippen molar-refractivity contribution in [2.24, 2.45) is 0 Å². The first-order chi connectivity index (χ1) is 12.7. The molecule has 142 valence electrons. The number of esters is 1. The fraction of sp³-hybridized carbons (Fsp3) is 0.333. The van der Waals surface area contributed by atoms with Crippen LogP contribution >= 0.6 is 0 Å². The van der Waals surface area contributed by atoms with Crippen molar-refractivity contribution >= 4 is 11.7 Å². The first-order valence-corrected chi connectivity index (χ1v) is 8.93. The summed E-state index contributed by atoms with van der Waals surface area (Å²) < 4.78 is 18.4.